The summed E-state index contributed by atoms with van der Waals surface area (Å²) >= 11 is 0. The summed E-state index contributed by atoms with van der Waals surface area (Å²) in [7, 11) is -3.19. The maximum absolute atomic E-state index is 12.7. The summed E-state index contributed by atoms with van der Waals surface area (Å²) in [5.41, 5.74) is -1.08. The molecule has 0 aliphatic carbocycles. The Morgan fingerprint density at radius 2 is 1.91 bits per heavy atom. The van der Waals surface area contributed by atoms with Crippen molar-refractivity contribution in [2.45, 2.75) is 37.4 Å². The minimum absolute atomic E-state index is 0.0247. The number of sulfonamides is 1. The molecule has 23 heavy (non-hydrogen) atoms. The van der Waals surface area contributed by atoms with Gasteiger partial charge in [0.25, 0.3) is 0 Å². The smallest absolute Gasteiger partial charge is 0.416 e. The summed E-state index contributed by atoms with van der Waals surface area (Å²) in [6.07, 6.45) is -4.50. The van der Waals surface area contributed by atoms with Crippen molar-refractivity contribution in [2.24, 2.45) is 5.92 Å². The van der Waals surface area contributed by atoms with Crippen LogP contribution in [-0.2, 0) is 25.7 Å². The average Bonchev–Trinajstić information content (AvgIpc) is 2.44. The van der Waals surface area contributed by atoms with Crippen molar-refractivity contribution in [3.63, 3.8) is 0 Å². The Morgan fingerprint density at radius 1 is 1.30 bits per heavy atom. The maximum Gasteiger partial charge on any atom is 0.416 e. The summed E-state index contributed by atoms with van der Waals surface area (Å²) in [5, 5.41) is 0. The van der Waals surface area contributed by atoms with Crippen LogP contribution in [0.4, 0.5) is 13.2 Å². The van der Waals surface area contributed by atoms with Crippen LogP contribution in [0, 0.1) is 5.92 Å². The molecule has 0 saturated carbocycles. The van der Waals surface area contributed by atoms with Crippen LogP contribution in [0.3, 0.4) is 0 Å². The number of carbonyl (C=O) groups is 1. The highest BCUT2D eigenvalue weighted by Crippen LogP contribution is 2.30. The lowest BCUT2D eigenvalue weighted by Crippen LogP contribution is -2.42. The quantitative estimate of drug-likeness (QED) is 0.798. The molecule has 0 aromatic heterocycles. The minimum atomic E-state index is -4.66. The number of hydrogen-bond donors (Lipinski definition) is 1. The van der Waals surface area contributed by atoms with Gasteiger partial charge in [0, 0.05) is 0 Å². The fourth-order valence-corrected chi connectivity index (χ4v) is 3.14. The highest BCUT2D eigenvalue weighted by atomic mass is 32.2. The third kappa shape index (κ3) is 5.51. The molecule has 1 atom stereocenters. The van der Waals surface area contributed by atoms with Crippen LogP contribution >= 0.6 is 0 Å². The Hall–Kier alpha value is -1.61. The molecule has 0 spiro atoms. The Balaban J connectivity index is 3.12. The molecule has 130 valence electrons. The van der Waals surface area contributed by atoms with Crippen LogP contribution in [0.25, 0.3) is 0 Å². The standard InChI is InChI=1S/C14H18F3NO4S/c1-9(2)7-12(13(19)22-3)18-23(20,21)11-6-4-5-10(8-11)14(15,16)17/h4-6,8-9,12,18H,7H2,1-3H3. The predicted octanol–water partition coefficient (Wildman–Crippen LogP) is 2.57. The van der Waals surface area contributed by atoms with Crippen molar-refractivity contribution >= 4 is 16.0 Å². The molecule has 0 saturated heterocycles. The van der Waals surface area contributed by atoms with Gasteiger partial charge < -0.3 is 4.74 Å². The van der Waals surface area contributed by atoms with Gasteiger partial charge in [0.1, 0.15) is 6.04 Å². The van der Waals surface area contributed by atoms with Gasteiger partial charge in [-0.1, -0.05) is 19.9 Å². The molecule has 9 heteroatoms. The Bertz CT molecular complexity index is 656. The number of carbonyl (C=O) groups excluding carboxylic acids is 1. The van der Waals surface area contributed by atoms with Gasteiger partial charge in [-0.3, -0.25) is 4.79 Å². The number of hydrogen-bond acceptors (Lipinski definition) is 4. The van der Waals surface area contributed by atoms with Crippen molar-refractivity contribution < 1.29 is 31.1 Å². The van der Waals surface area contributed by atoms with Crippen molar-refractivity contribution in [1.82, 2.24) is 4.72 Å². The summed E-state index contributed by atoms with van der Waals surface area (Å²) in [6.45, 7) is 3.54. The van der Waals surface area contributed by atoms with E-state index in [1.165, 1.54) is 0 Å². The van der Waals surface area contributed by atoms with Gasteiger partial charge in [-0.2, -0.15) is 17.9 Å². The van der Waals surface area contributed by atoms with E-state index in [0.717, 1.165) is 25.3 Å². The van der Waals surface area contributed by atoms with Crippen molar-refractivity contribution in [3.05, 3.63) is 29.8 Å². The topological polar surface area (TPSA) is 72.5 Å². The maximum atomic E-state index is 12.7. The van der Waals surface area contributed by atoms with Gasteiger partial charge in [0.05, 0.1) is 17.6 Å². The second-order valence-corrected chi connectivity index (χ2v) is 7.07. The van der Waals surface area contributed by atoms with Gasteiger partial charge in [-0.15, -0.1) is 0 Å². The fourth-order valence-electron chi connectivity index (χ4n) is 1.90. The van der Waals surface area contributed by atoms with Crippen LogP contribution in [0.5, 0.6) is 0 Å². The molecule has 1 rings (SSSR count). The molecule has 1 unspecified atom stereocenters. The van der Waals surface area contributed by atoms with Crippen molar-refractivity contribution in [2.75, 3.05) is 7.11 Å². The molecule has 1 aromatic carbocycles. The molecule has 0 radical (unpaired) electrons. The summed E-state index contributed by atoms with van der Waals surface area (Å²) in [5.74, 6) is -0.822. The summed E-state index contributed by atoms with van der Waals surface area (Å²) < 4.78 is 69.2. The molecule has 0 aliphatic heterocycles. The van der Waals surface area contributed by atoms with Gasteiger partial charge in [0.15, 0.2) is 0 Å². The molecular weight excluding hydrogens is 335 g/mol. The zero-order valence-electron chi connectivity index (χ0n) is 12.8. The van der Waals surface area contributed by atoms with E-state index in [1.807, 2.05) is 0 Å². The highest BCUT2D eigenvalue weighted by Gasteiger charge is 2.33. The summed E-state index contributed by atoms with van der Waals surface area (Å²) in [6, 6.07) is 2.14. The number of rotatable bonds is 6. The van der Waals surface area contributed by atoms with E-state index in [-0.39, 0.29) is 12.3 Å². The lowest BCUT2D eigenvalue weighted by atomic mass is 10.1. The normalized spacial score (nSPS) is 13.9. The molecule has 0 fully saturated rings. The Labute approximate surface area is 132 Å². The largest absolute Gasteiger partial charge is 0.468 e. The average molecular weight is 353 g/mol. The van der Waals surface area contributed by atoms with Crippen molar-refractivity contribution in [3.8, 4) is 0 Å². The lowest BCUT2D eigenvalue weighted by Gasteiger charge is -2.18. The SMILES string of the molecule is COC(=O)C(CC(C)C)NS(=O)(=O)c1cccc(C(F)(F)F)c1. The van der Waals surface area contributed by atoms with Crippen LogP contribution in [0.15, 0.2) is 29.2 Å². The van der Waals surface area contributed by atoms with Gasteiger partial charge in [0.2, 0.25) is 10.0 Å². The fraction of sp³-hybridized carbons (Fsp3) is 0.500. The number of methoxy groups -OCH3 is 1. The summed E-state index contributed by atoms with van der Waals surface area (Å²) in [4.78, 5) is 11.1. The molecule has 0 amide bonds. The first-order chi connectivity index (χ1) is 10.5. The van der Waals surface area contributed by atoms with Gasteiger partial charge in [-0.05, 0) is 30.5 Å². The lowest BCUT2D eigenvalue weighted by molar-refractivity contribution is -0.143. The van der Waals surface area contributed by atoms with Crippen LogP contribution in [0.1, 0.15) is 25.8 Å². The first-order valence-electron chi connectivity index (χ1n) is 6.74. The number of esters is 1. The number of nitrogens with one attached hydrogen (secondary N) is 1. The monoisotopic (exact) mass is 353 g/mol. The third-order valence-electron chi connectivity index (χ3n) is 2.96. The molecule has 5 nitrogen and oxygen atoms in total. The first kappa shape index (κ1) is 19.4. The van der Waals surface area contributed by atoms with E-state index in [4.69, 9.17) is 0 Å². The molecule has 0 heterocycles. The van der Waals surface area contributed by atoms with Crippen molar-refractivity contribution in [1.29, 1.82) is 0 Å². The number of benzene rings is 1. The van der Waals surface area contributed by atoms with Gasteiger partial charge in [-0.25, -0.2) is 8.42 Å². The second-order valence-electron chi connectivity index (χ2n) is 5.35. The predicted molar refractivity (Wildman–Crippen MR) is 77.0 cm³/mol. The number of ether oxygens (including phenoxy) is 1. The molecule has 1 aromatic rings. The van der Waals surface area contributed by atoms with Gasteiger partial charge >= 0.3 is 12.1 Å². The van der Waals surface area contributed by atoms with E-state index in [0.29, 0.717) is 6.07 Å². The zero-order valence-corrected chi connectivity index (χ0v) is 13.7. The van der Waals surface area contributed by atoms with E-state index in [9.17, 15) is 26.4 Å². The van der Waals surface area contributed by atoms with Crippen LogP contribution < -0.4 is 4.72 Å². The number of alkyl halides is 3. The zero-order chi connectivity index (χ0) is 17.8. The first-order valence-corrected chi connectivity index (χ1v) is 8.23. The Kier molecular flexibility index (Phi) is 6.18. The second kappa shape index (κ2) is 7.31. The molecule has 0 bridgehead atoms. The van der Waals surface area contributed by atoms with E-state index >= 15 is 0 Å². The van der Waals surface area contributed by atoms with E-state index in [1.54, 1.807) is 13.8 Å². The third-order valence-corrected chi connectivity index (χ3v) is 4.43. The van der Waals surface area contributed by atoms with Crippen LogP contribution in [0.2, 0.25) is 0 Å². The molecule has 0 aliphatic rings. The minimum Gasteiger partial charge on any atom is -0.468 e. The van der Waals surface area contributed by atoms with Crippen LogP contribution in [-0.4, -0.2) is 27.5 Å². The van der Waals surface area contributed by atoms with E-state index in [2.05, 4.69) is 9.46 Å². The molecule has 1 N–H and O–H groups in total. The molecular formula is C14H18F3NO4S. The highest BCUT2D eigenvalue weighted by molar-refractivity contribution is 7.89. The van der Waals surface area contributed by atoms with E-state index < -0.39 is 38.7 Å². The number of halogens is 3. The Morgan fingerprint density at radius 3 is 2.39 bits per heavy atom.